The summed E-state index contributed by atoms with van der Waals surface area (Å²) in [6.07, 6.45) is -1.16. The van der Waals surface area contributed by atoms with Gasteiger partial charge in [-0.1, -0.05) is 41.9 Å². The number of esters is 1. The Morgan fingerprint density at radius 2 is 1.86 bits per heavy atom. The Hall–Kier alpha value is -2.53. The van der Waals surface area contributed by atoms with Crippen molar-refractivity contribution in [3.63, 3.8) is 0 Å². The van der Waals surface area contributed by atoms with Crippen LogP contribution in [0, 0.1) is 0 Å². The van der Waals surface area contributed by atoms with Crippen molar-refractivity contribution >= 4 is 29.2 Å². The summed E-state index contributed by atoms with van der Waals surface area (Å²) in [4.78, 5) is 23.9. The van der Waals surface area contributed by atoms with E-state index >= 15 is 0 Å². The van der Waals surface area contributed by atoms with Gasteiger partial charge in [-0.3, -0.25) is 4.79 Å². The monoisotopic (exact) mass is 318 g/mol. The summed E-state index contributed by atoms with van der Waals surface area (Å²) in [6.45, 7) is 0. The van der Waals surface area contributed by atoms with Gasteiger partial charge < -0.3 is 15.8 Å². The molecule has 0 heterocycles. The number of anilines is 1. The Morgan fingerprint density at radius 3 is 2.45 bits per heavy atom. The van der Waals surface area contributed by atoms with Crippen LogP contribution < -0.4 is 11.1 Å². The molecule has 0 aliphatic carbocycles. The first-order valence-electron chi connectivity index (χ1n) is 6.55. The van der Waals surface area contributed by atoms with Crippen molar-refractivity contribution in [2.75, 3.05) is 12.4 Å². The SMILES string of the molecule is CNc1ccc(Cl)c(C(=O)OC(C(N)=O)c2ccccc2)c1. The molecule has 1 amide bonds. The van der Waals surface area contributed by atoms with Crippen molar-refractivity contribution < 1.29 is 14.3 Å². The number of benzene rings is 2. The molecule has 0 aliphatic heterocycles. The lowest BCUT2D eigenvalue weighted by Gasteiger charge is -2.16. The van der Waals surface area contributed by atoms with Gasteiger partial charge >= 0.3 is 5.97 Å². The predicted octanol–water partition coefficient (Wildman–Crippen LogP) is 2.77. The Bertz CT molecular complexity index is 689. The first kappa shape index (κ1) is 15.9. The van der Waals surface area contributed by atoms with Gasteiger partial charge in [-0.25, -0.2) is 4.79 Å². The third-order valence-corrected chi connectivity index (χ3v) is 3.39. The summed E-state index contributed by atoms with van der Waals surface area (Å²) in [5.41, 5.74) is 6.69. The van der Waals surface area contributed by atoms with E-state index in [1.807, 2.05) is 0 Å². The van der Waals surface area contributed by atoms with Crippen LogP contribution in [-0.2, 0) is 9.53 Å². The van der Waals surface area contributed by atoms with E-state index in [0.29, 0.717) is 11.3 Å². The molecule has 6 heteroatoms. The molecule has 1 unspecified atom stereocenters. The summed E-state index contributed by atoms with van der Waals surface area (Å²) in [5, 5.41) is 3.14. The Morgan fingerprint density at radius 1 is 1.18 bits per heavy atom. The highest BCUT2D eigenvalue weighted by Gasteiger charge is 2.24. The molecule has 0 saturated carbocycles. The van der Waals surface area contributed by atoms with Gasteiger partial charge in [-0.05, 0) is 18.2 Å². The fraction of sp³-hybridized carbons (Fsp3) is 0.125. The lowest BCUT2D eigenvalue weighted by atomic mass is 10.1. The number of carbonyl (C=O) groups is 2. The average Bonchev–Trinajstić information content (AvgIpc) is 2.53. The zero-order valence-electron chi connectivity index (χ0n) is 11.9. The fourth-order valence-electron chi connectivity index (χ4n) is 1.93. The fourth-order valence-corrected chi connectivity index (χ4v) is 2.12. The maximum absolute atomic E-state index is 12.3. The zero-order valence-corrected chi connectivity index (χ0v) is 12.6. The number of rotatable bonds is 5. The third-order valence-electron chi connectivity index (χ3n) is 3.06. The smallest absolute Gasteiger partial charge is 0.340 e. The Kier molecular flexibility index (Phi) is 5.01. The summed E-state index contributed by atoms with van der Waals surface area (Å²) in [6, 6.07) is 13.4. The average molecular weight is 319 g/mol. The van der Waals surface area contributed by atoms with E-state index < -0.39 is 18.0 Å². The van der Waals surface area contributed by atoms with E-state index in [4.69, 9.17) is 22.1 Å². The largest absolute Gasteiger partial charge is 0.444 e. The number of primary amides is 1. The van der Waals surface area contributed by atoms with E-state index in [1.54, 1.807) is 55.6 Å². The number of nitrogens with two attached hydrogens (primary N) is 1. The molecule has 2 aromatic carbocycles. The van der Waals surface area contributed by atoms with E-state index in [-0.39, 0.29) is 10.6 Å². The van der Waals surface area contributed by atoms with Crippen LogP contribution in [0.3, 0.4) is 0 Å². The normalized spacial score (nSPS) is 11.5. The second-order valence-electron chi connectivity index (χ2n) is 4.54. The molecule has 2 aromatic rings. The maximum Gasteiger partial charge on any atom is 0.340 e. The van der Waals surface area contributed by atoms with Crippen molar-refractivity contribution in [1.29, 1.82) is 0 Å². The minimum atomic E-state index is -1.16. The van der Waals surface area contributed by atoms with Crippen molar-refractivity contribution in [2.24, 2.45) is 5.73 Å². The van der Waals surface area contributed by atoms with Crippen LogP contribution >= 0.6 is 11.6 Å². The lowest BCUT2D eigenvalue weighted by molar-refractivity contribution is -0.127. The Labute approximate surface area is 133 Å². The standard InChI is InChI=1S/C16H15ClN2O3/c1-19-11-7-8-13(17)12(9-11)16(21)22-14(15(18)20)10-5-3-2-4-6-10/h2-9,14,19H,1H3,(H2,18,20). The number of hydrogen-bond acceptors (Lipinski definition) is 4. The summed E-state index contributed by atoms with van der Waals surface area (Å²) >= 11 is 6.01. The van der Waals surface area contributed by atoms with Crippen LogP contribution in [0.1, 0.15) is 22.0 Å². The van der Waals surface area contributed by atoms with Crippen LogP contribution in [0.4, 0.5) is 5.69 Å². The molecule has 0 fully saturated rings. The van der Waals surface area contributed by atoms with Crippen LogP contribution in [0.2, 0.25) is 5.02 Å². The molecule has 114 valence electrons. The maximum atomic E-state index is 12.3. The van der Waals surface area contributed by atoms with E-state index in [1.165, 1.54) is 0 Å². The number of ether oxygens (including phenoxy) is 1. The van der Waals surface area contributed by atoms with Gasteiger partial charge in [0.25, 0.3) is 5.91 Å². The molecule has 0 spiro atoms. The van der Waals surface area contributed by atoms with Gasteiger partial charge in [-0.2, -0.15) is 0 Å². The third kappa shape index (κ3) is 3.56. The minimum absolute atomic E-state index is 0.163. The highest BCUT2D eigenvalue weighted by Crippen LogP contribution is 2.24. The van der Waals surface area contributed by atoms with Gasteiger partial charge in [0.15, 0.2) is 0 Å². The summed E-state index contributed by atoms with van der Waals surface area (Å²) < 4.78 is 5.24. The molecule has 0 saturated heterocycles. The van der Waals surface area contributed by atoms with Crippen LogP contribution in [-0.4, -0.2) is 18.9 Å². The number of nitrogens with one attached hydrogen (secondary N) is 1. The predicted molar refractivity (Wildman–Crippen MR) is 84.8 cm³/mol. The number of carbonyl (C=O) groups excluding carboxylic acids is 2. The van der Waals surface area contributed by atoms with Crippen LogP contribution in [0.5, 0.6) is 0 Å². The van der Waals surface area contributed by atoms with Gasteiger partial charge in [0.1, 0.15) is 0 Å². The topological polar surface area (TPSA) is 81.4 Å². The molecule has 0 aliphatic rings. The number of amides is 1. The molecule has 22 heavy (non-hydrogen) atoms. The number of hydrogen-bond donors (Lipinski definition) is 2. The molecule has 3 N–H and O–H groups in total. The highest BCUT2D eigenvalue weighted by atomic mass is 35.5. The van der Waals surface area contributed by atoms with Gasteiger partial charge in [0, 0.05) is 18.3 Å². The van der Waals surface area contributed by atoms with E-state index in [0.717, 1.165) is 0 Å². The van der Waals surface area contributed by atoms with Gasteiger partial charge in [-0.15, -0.1) is 0 Å². The molecule has 0 aromatic heterocycles. The zero-order chi connectivity index (χ0) is 16.1. The van der Waals surface area contributed by atoms with Crippen molar-refractivity contribution in [3.8, 4) is 0 Å². The summed E-state index contributed by atoms with van der Waals surface area (Å²) in [7, 11) is 1.72. The van der Waals surface area contributed by atoms with Crippen molar-refractivity contribution in [1.82, 2.24) is 0 Å². The van der Waals surface area contributed by atoms with Gasteiger partial charge in [0.2, 0.25) is 6.10 Å². The van der Waals surface area contributed by atoms with Crippen molar-refractivity contribution in [3.05, 3.63) is 64.7 Å². The first-order valence-corrected chi connectivity index (χ1v) is 6.93. The quantitative estimate of drug-likeness (QED) is 0.831. The molecule has 0 bridgehead atoms. The minimum Gasteiger partial charge on any atom is -0.444 e. The van der Waals surface area contributed by atoms with Crippen LogP contribution in [0.15, 0.2) is 48.5 Å². The highest BCUT2D eigenvalue weighted by molar-refractivity contribution is 6.33. The lowest BCUT2D eigenvalue weighted by Crippen LogP contribution is -2.26. The number of halogens is 1. The molecular weight excluding hydrogens is 304 g/mol. The molecular formula is C16H15ClN2O3. The van der Waals surface area contributed by atoms with Gasteiger partial charge in [0.05, 0.1) is 10.6 Å². The second-order valence-corrected chi connectivity index (χ2v) is 4.95. The van der Waals surface area contributed by atoms with E-state index in [2.05, 4.69) is 5.32 Å². The summed E-state index contributed by atoms with van der Waals surface area (Å²) in [5.74, 6) is -1.46. The first-order chi connectivity index (χ1) is 10.5. The molecule has 5 nitrogen and oxygen atoms in total. The molecule has 2 rings (SSSR count). The van der Waals surface area contributed by atoms with Crippen molar-refractivity contribution in [2.45, 2.75) is 6.10 Å². The Balaban J connectivity index is 2.28. The molecule has 0 radical (unpaired) electrons. The van der Waals surface area contributed by atoms with E-state index in [9.17, 15) is 9.59 Å². The second kappa shape index (κ2) is 6.95. The molecule has 1 atom stereocenters. The van der Waals surface area contributed by atoms with Crippen LogP contribution in [0.25, 0.3) is 0 Å².